The van der Waals surface area contributed by atoms with Gasteiger partial charge in [-0.05, 0) is 52.2 Å². The van der Waals surface area contributed by atoms with Gasteiger partial charge in [-0.3, -0.25) is 14.2 Å². The van der Waals surface area contributed by atoms with Gasteiger partial charge < -0.3 is 10.1 Å². The number of anilines is 1. The van der Waals surface area contributed by atoms with Crippen molar-refractivity contribution in [2.75, 3.05) is 11.9 Å². The minimum Gasteiger partial charge on any atom is -0.454 e. The second-order valence-corrected chi connectivity index (χ2v) is 9.78. The highest BCUT2D eigenvalue weighted by Gasteiger charge is 2.32. The molecule has 0 aromatic carbocycles. The predicted octanol–water partition coefficient (Wildman–Crippen LogP) is 4.62. The molecule has 3 aromatic rings. The van der Waals surface area contributed by atoms with Gasteiger partial charge in [0.25, 0.3) is 0 Å². The van der Waals surface area contributed by atoms with Crippen LogP contribution < -0.4 is 5.32 Å². The summed E-state index contributed by atoms with van der Waals surface area (Å²) in [6, 6.07) is 1.79. The van der Waals surface area contributed by atoms with Crippen molar-refractivity contribution in [1.29, 1.82) is 0 Å². The molecule has 162 valence electrons. The van der Waals surface area contributed by atoms with Crippen LogP contribution in [0.2, 0.25) is 0 Å². The van der Waals surface area contributed by atoms with Gasteiger partial charge in [-0.1, -0.05) is 0 Å². The van der Waals surface area contributed by atoms with Gasteiger partial charge >= 0.3 is 5.97 Å². The van der Waals surface area contributed by atoms with E-state index in [0.717, 1.165) is 39.8 Å². The summed E-state index contributed by atoms with van der Waals surface area (Å²) < 4.78 is 7.29. The van der Waals surface area contributed by atoms with Crippen LogP contribution in [0.3, 0.4) is 0 Å². The number of amides is 1. The van der Waals surface area contributed by atoms with E-state index in [4.69, 9.17) is 4.74 Å². The first-order chi connectivity index (χ1) is 14.8. The number of carbonyl (C=O) groups is 3. The van der Waals surface area contributed by atoms with Crippen molar-refractivity contribution in [3.63, 3.8) is 0 Å². The summed E-state index contributed by atoms with van der Waals surface area (Å²) in [5.74, 6) is -0.922. The van der Waals surface area contributed by atoms with Crippen LogP contribution in [0.5, 0.6) is 0 Å². The molecular formula is C22H23N3O4S2. The number of ether oxygens (including phenoxy) is 1. The summed E-state index contributed by atoms with van der Waals surface area (Å²) in [5.41, 5.74) is 3.24. The minimum absolute atomic E-state index is 0.0289. The molecule has 0 unspecified atom stereocenters. The van der Waals surface area contributed by atoms with Gasteiger partial charge in [0.15, 0.2) is 11.7 Å². The van der Waals surface area contributed by atoms with Crippen LogP contribution >= 0.6 is 22.7 Å². The maximum Gasteiger partial charge on any atom is 0.341 e. The normalized spacial score (nSPS) is 13.3. The topological polar surface area (TPSA) is 90.3 Å². The zero-order valence-electron chi connectivity index (χ0n) is 17.8. The second-order valence-electron chi connectivity index (χ2n) is 7.69. The van der Waals surface area contributed by atoms with Crippen molar-refractivity contribution in [3.8, 4) is 5.13 Å². The molecule has 3 aromatic heterocycles. The Morgan fingerprint density at radius 3 is 2.61 bits per heavy atom. The van der Waals surface area contributed by atoms with Gasteiger partial charge in [0.05, 0.1) is 5.56 Å². The van der Waals surface area contributed by atoms with E-state index >= 15 is 0 Å². The first-order valence-corrected chi connectivity index (χ1v) is 11.7. The number of thiophene rings is 1. The van der Waals surface area contributed by atoms with E-state index in [9.17, 15) is 14.4 Å². The predicted molar refractivity (Wildman–Crippen MR) is 121 cm³/mol. The molecule has 7 nitrogen and oxygen atoms in total. The molecule has 3 heterocycles. The van der Waals surface area contributed by atoms with Gasteiger partial charge in [0.1, 0.15) is 5.00 Å². The Bertz CT molecular complexity index is 1170. The molecule has 1 aliphatic carbocycles. The summed E-state index contributed by atoms with van der Waals surface area (Å²) in [6.07, 6.45) is 3.47. The molecule has 1 N–H and O–H groups in total. The van der Waals surface area contributed by atoms with Crippen LogP contribution in [-0.2, 0) is 9.53 Å². The molecule has 0 atom stereocenters. The second kappa shape index (κ2) is 8.39. The third kappa shape index (κ3) is 4.20. The summed E-state index contributed by atoms with van der Waals surface area (Å²) in [5, 5.41) is 6.01. The number of hydrogen-bond acceptors (Lipinski definition) is 7. The Balaban J connectivity index is 1.49. The maximum atomic E-state index is 12.8. The fourth-order valence-corrected chi connectivity index (χ4v) is 5.27. The van der Waals surface area contributed by atoms with E-state index in [1.807, 2.05) is 37.6 Å². The number of aryl methyl sites for hydroxylation is 2. The molecule has 31 heavy (non-hydrogen) atoms. The molecule has 9 heteroatoms. The van der Waals surface area contributed by atoms with E-state index in [0.29, 0.717) is 16.1 Å². The highest BCUT2D eigenvalue weighted by Crippen LogP contribution is 2.36. The Kier molecular flexibility index (Phi) is 5.81. The number of Topliss-reactive ketones (excluding diaryl/α,β-unsaturated/α-hetero) is 1. The van der Waals surface area contributed by atoms with Crippen molar-refractivity contribution in [2.24, 2.45) is 5.92 Å². The maximum absolute atomic E-state index is 12.8. The van der Waals surface area contributed by atoms with Crippen molar-refractivity contribution >= 4 is 45.3 Å². The van der Waals surface area contributed by atoms with Crippen molar-refractivity contribution in [1.82, 2.24) is 9.55 Å². The lowest BCUT2D eigenvalue weighted by Crippen LogP contribution is -2.18. The first-order valence-electron chi connectivity index (χ1n) is 9.98. The molecule has 1 saturated carbocycles. The fourth-order valence-electron chi connectivity index (χ4n) is 3.47. The molecule has 1 fully saturated rings. The summed E-state index contributed by atoms with van der Waals surface area (Å²) in [7, 11) is 0. The average molecular weight is 458 g/mol. The van der Waals surface area contributed by atoms with Gasteiger partial charge in [-0.15, -0.1) is 22.7 Å². The molecule has 1 aliphatic rings. The zero-order valence-corrected chi connectivity index (χ0v) is 19.4. The lowest BCUT2D eigenvalue weighted by Gasteiger charge is -2.08. The number of ketones is 1. The first kappa shape index (κ1) is 21.5. The molecule has 0 radical (unpaired) electrons. The van der Waals surface area contributed by atoms with Gasteiger partial charge in [0, 0.05) is 39.3 Å². The monoisotopic (exact) mass is 457 g/mol. The molecule has 0 saturated heterocycles. The fraction of sp³-hybridized carbons (Fsp3) is 0.364. The van der Waals surface area contributed by atoms with Crippen molar-refractivity contribution < 1.29 is 19.1 Å². The van der Waals surface area contributed by atoms with E-state index in [1.165, 1.54) is 22.7 Å². The van der Waals surface area contributed by atoms with Crippen LogP contribution in [0.4, 0.5) is 5.00 Å². The highest BCUT2D eigenvalue weighted by molar-refractivity contribution is 7.16. The van der Waals surface area contributed by atoms with Gasteiger partial charge in [-0.2, -0.15) is 0 Å². The van der Waals surface area contributed by atoms with E-state index in [-0.39, 0.29) is 24.2 Å². The van der Waals surface area contributed by atoms with Crippen LogP contribution in [0.1, 0.15) is 55.4 Å². The molecule has 4 rings (SSSR count). The third-order valence-corrected chi connectivity index (χ3v) is 7.33. The Morgan fingerprint density at radius 1 is 1.23 bits per heavy atom. The highest BCUT2D eigenvalue weighted by atomic mass is 32.1. The SMILES string of the molecule is Cc1sc(NC(=O)C2CC2)c(C(=O)OCC(=O)c2cc(C)n(-c3nccs3)c2C)c1C. The molecular weight excluding hydrogens is 434 g/mol. The molecule has 0 spiro atoms. The average Bonchev–Trinajstić information content (AvgIpc) is 3.27. The van der Waals surface area contributed by atoms with E-state index in [1.54, 1.807) is 12.3 Å². The summed E-state index contributed by atoms with van der Waals surface area (Å²) >= 11 is 2.84. The number of aromatic nitrogens is 2. The van der Waals surface area contributed by atoms with Crippen molar-refractivity contribution in [3.05, 3.63) is 50.6 Å². The lowest BCUT2D eigenvalue weighted by atomic mass is 10.1. The Labute approximate surface area is 188 Å². The van der Waals surface area contributed by atoms with E-state index in [2.05, 4.69) is 10.3 Å². The van der Waals surface area contributed by atoms with Crippen molar-refractivity contribution in [2.45, 2.75) is 40.5 Å². The van der Waals surface area contributed by atoms with Crippen LogP contribution in [0.15, 0.2) is 17.6 Å². The quantitative estimate of drug-likeness (QED) is 0.413. The zero-order chi connectivity index (χ0) is 22.3. The summed E-state index contributed by atoms with van der Waals surface area (Å²) in [6.45, 7) is 7.09. The number of nitrogens with zero attached hydrogens (tertiary/aromatic N) is 2. The minimum atomic E-state index is -0.602. The number of esters is 1. The molecule has 0 aliphatic heterocycles. The lowest BCUT2D eigenvalue weighted by molar-refractivity contribution is -0.117. The van der Waals surface area contributed by atoms with Gasteiger partial charge in [-0.25, -0.2) is 9.78 Å². The third-order valence-electron chi connectivity index (χ3n) is 5.45. The molecule has 1 amide bonds. The van der Waals surface area contributed by atoms with Gasteiger partial charge in [0.2, 0.25) is 11.7 Å². The van der Waals surface area contributed by atoms with E-state index < -0.39 is 5.97 Å². The number of rotatable bonds is 7. The Hall–Kier alpha value is -2.78. The summed E-state index contributed by atoms with van der Waals surface area (Å²) in [4.78, 5) is 43.0. The smallest absolute Gasteiger partial charge is 0.341 e. The van der Waals surface area contributed by atoms with Crippen LogP contribution in [-0.4, -0.2) is 33.8 Å². The number of nitrogens with one attached hydrogen (secondary N) is 1. The largest absolute Gasteiger partial charge is 0.454 e. The number of hydrogen-bond donors (Lipinski definition) is 1. The Morgan fingerprint density at radius 2 is 1.97 bits per heavy atom. The number of carbonyl (C=O) groups excluding carboxylic acids is 3. The molecule has 0 bridgehead atoms. The van der Waals surface area contributed by atoms with Crippen LogP contribution in [0, 0.1) is 33.6 Å². The number of thiazole rings is 1. The standard InChI is InChI=1S/C22H23N3O4S2/c1-11-9-16(13(3)25(11)22-23-7-8-30-22)17(26)10-29-21(28)18-12(2)14(4)31-20(18)24-19(27)15-5-6-15/h7-9,15H,5-6,10H2,1-4H3,(H,24,27). The van der Waals surface area contributed by atoms with Crippen LogP contribution in [0.25, 0.3) is 5.13 Å².